The SMILES string of the molecule is CCNC(=O)[C@@H](CC)N(Cc1ccc(C)cc1)C(=O)CN(c1ccc(Cl)cc1)S(C)(=O)=O. The van der Waals surface area contributed by atoms with Gasteiger partial charge in [-0.2, -0.15) is 0 Å². The molecular weight excluding hydrogens is 450 g/mol. The lowest BCUT2D eigenvalue weighted by atomic mass is 10.1. The highest BCUT2D eigenvalue weighted by Gasteiger charge is 2.31. The molecule has 0 radical (unpaired) electrons. The van der Waals surface area contributed by atoms with E-state index in [4.69, 9.17) is 11.6 Å². The van der Waals surface area contributed by atoms with Crippen LogP contribution in [0.3, 0.4) is 0 Å². The fraction of sp³-hybridized carbons (Fsp3) is 0.391. The second-order valence-electron chi connectivity index (χ2n) is 7.57. The molecular formula is C23H30ClN3O4S. The number of carbonyl (C=O) groups is 2. The number of benzene rings is 2. The van der Waals surface area contributed by atoms with Gasteiger partial charge < -0.3 is 10.2 Å². The van der Waals surface area contributed by atoms with Crippen molar-refractivity contribution in [2.75, 3.05) is 23.7 Å². The fourth-order valence-corrected chi connectivity index (χ4v) is 4.30. The molecule has 0 aliphatic heterocycles. The van der Waals surface area contributed by atoms with Crippen LogP contribution in [-0.2, 0) is 26.2 Å². The van der Waals surface area contributed by atoms with Gasteiger partial charge in [0.05, 0.1) is 11.9 Å². The highest BCUT2D eigenvalue weighted by molar-refractivity contribution is 7.92. The van der Waals surface area contributed by atoms with Crippen molar-refractivity contribution in [2.45, 2.75) is 39.8 Å². The molecule has 1 N–H and O–H groups in total. The number of likely N-dealkylation sites (N-methyl/N-ethyl adjacent to an activating group) is 1. The number of carbonyl (C=O) groups excluding carboxylic acids is 2. The van der Waals surface area contributed by atoms with Crippen LogP contribution in [0, 0.1) is 6.92 Å². The van der Waals surface area contributed by atoms with E-state index in [-0.39, 0.29) is 12.5 Å². The number of rotatable bonds is 10. The number of aryl methyl sites for hydroxylation is 1. The molecule has 0 unspecified atom stereocenters. The maximum Gasteiger partial charge on any atom is 0.244 e. The van der Waals surface area contributed by atoms with Crippen LogP contribution >= 0.6 is 11.6 Å². The first kappa shape index (κ1) is 25.7. The van der Waals surface area contributed by atoms with E-state index in [1.54, 1.807) is 24.3 Å². The van der Waals surface area contributed by atoms with Gasteiger partial charge in [-0.15, -0.1) is 0 Å². The molecule has 2 aromatic carbocycles. The molecule has 0 aliphatic rings. The standard InChI is InChI=1S/C23H30ClN3O4S/c1-5-21(23(29)25-6-2)26(15-18-9-7-17(3)8-10-18)22(28)16-27(32(4,30)31)20-13-11-19(24)12-14-20/h7-14,21H,5-6,15-16H2,1-4H3,(H,25,29)/t21-/m1/s1. The van der Waals surface area contributed by atoms with Gasteiger partial charge in [-0.3, -0.25) is 13.9 Å². The second-order valence-corrected chi connectivity index (χ2v) is 9.92. The third-order valence-electron chi connectivity index (χ3n) is 5.00. The summed E-state index contributed by atoms with van der Waals surface area (Å²) in [7, 11) is -3.76. The van der Waals surface area contributed by atoms with Crippen molar-refractivity contribution in [1.82, 2.24) is 10.2 Å². The Kier molecular flexibility index (Phi) is 9.09. The molecule has 2 aromatic rings. The molecule has 174 valence electrons. The second kappa shape index (κ2) is 11.3. The predicted molar refractivity (Wildman–Crippen MR) is 128 cm³/mol. The smallest absolute Gasteiger partial charge is 0.244 e. The number of amides is 2. The first-order chi connectivity index (χ1) is 15.1. The monoisotopic (exact) mass is 479 g/mol. The average Bonchev–Trinajstić information content (AvgIpc) is 2.73. The highest BCUT2D eigenvalue weighted by atomic mass is 35.5. The molecule has 0 saturated carbocycles. The minimum atomic E-state index is -3.76. The molecule has 0 aromatic heterocycles. The van der Waals surface area contributed by atoms with E-state index in [1.807, 2.05) is 45.0 Å². The number of anilines is 1. The molecule has 0 saturated heterocycles. The van der Waals surface area contributed by atoms with Gasteiger partial charge in [0, 0.05) is 18.1 Å². The minimum absolute atomic E-state index is 0.187. The van der Waals surface area contributed by atoms with Crippen LogP contribution in [0.15, 0.2) is 48.5 Å². The van der Waals surface area contributed by atoms with Gasteiger partial charge in [0.25, 0.3) is 0 Å². The molecule has 2 amide bonds. The molecule has 1 atom stereocenters. The van der Waals surface area contributed by atoms with Crippen LogP contribution in [0.4, 0.5) is 5.69 Å². The number of hydrogen-bond acceptors (Lipinski definition) is 4. The Morgan fingerprint density at radius 3 is 2.12 bits per heavy atom. The Hall–Kier alpha value is -2.58. The normalized spacial score (nSPS) is 12.2. The number of hydrogen-bond donors (Lipinski definition) is 1. The lowest BCUT2D eigenvalue weighted by molar-refractivity contribution is -0.140. The summed E-state index contributed by atoms with van der Waals surface area (Å²) in [6, 6.07) is 13.1. The van der Waals surface area contributed by atoms with E-state index in [0.717, 1.165) is 21.7 Å². The Balaban J connectivity index is 2.40. The Labute approximate surface area is 195 Å². The third-order valence-corrected chi connectivity index (χ3v) is 6.40. The van der Waals surface area contributed by atoms with Crippen molar-refractivity contribution in [3.05, 3.63) is 64.7 Å². The van der Waals surface area contributed by atoms with Gasteiger partial charge in [0.1, 0.15) is 12.6 Å². The van der Waals surface area contributed by atoms with Crippen LogP contribution in [0.1, 0.15) is 31.4 Å². The van der Waals surface area contributed by atoms with Crippen molar-refractivity contribution >= 4 is 39.1 Å². The Morgan fingerprint density at radius 2 is 1.62 bits per heavy atom. The summed E-state index contributed by atoms with van der Waals surface area (Å²) >= 11 is 5.93. The third kappa shape index (κ3) is 6.97. The number of nitrogens with zero attached hydrogens (tertiary/aromatic N) is 2. The number of halogens is 1. The van der Waals surface area contributed by atoms with Gasteiger partial charge in [-0.25, -0.2) is 8.42 Å². The largest absolute Gasteiger partial charge is 0.355 e. The summed E-state index contributed by atoms with van der Waals surface area (Å²) in [5.74, 6) is -0.739. The molecule has 0 bridgehead atoms. The molecule has 2 rings (SSSR count). The van der Waals surface area contributed by atoms with E-state index in [0.29, 0.717) is 23.7 Å². The molecule has 7 nitrogen and oxygen atoms in total. The molecule has 0 heterocycles. The van der Waals surface area contributed by atoms with Crippen LogP contribution < -0.4 is 9.62 Å². The van der Waals surface area contributed by atoms with Gasteiger partial charge in [-0.1, -0.05) is 48.4 Å². The topological polar surface area (TPSA) is 86.8 Å². The lowest BCUT2D eigenvalue weighted by Gasteiger charge is -2.32. The molecule has 32 heavy (non-hydrogen) atoms. The summed E-state index contributed by atoms with van der Waals surface area (Å²) in [6.07, 6.45) is 1.43. The van der Waals surface area contributed by atoms with E-state index in [2.05, 4.69) is 5.32 Å². The zero-order chi connectivity index (χ0) is 23.9. The summed E-state index contributed by atoms with van der Waals surface area (Å²) in [4.78, 5) is 27.6. The van der Waals surface area contributed by atoms with Crippen molar-refractivity contribution in [1.29, 1.82) is 0 Å². The van der Waals surface area contributed by atoms with Gasteiger partial charge >= 0.3 is 0 Å². The highest BCUT2D eigenvalue weighted by Crippen LogP contribution is 2.22. The van der Waals surface area contributed by atoms with E-state index >= 15 is 0 Å². The zero-order valence-corrected chi connectivity index (χ0v) is 20.4. The summed E-state index contributed by atoms with van der Waals surface area (Å²) in [5.41, 5.74) is 2.25. The van der Waals surface area contributed by atoms with E-state index < -0.39 is 28.5 Å². The van der Waals surface area contributed by atoms with E-state index in [9.17, 15) is 18.0 Å². The van der Waals surface area contributed by atoms with Gasteiger partial charge in [0.15, 0.2) is 0 Å². The first-order valence-electron chi connectivity index (χ1n) is 10.4. The summed E-state index contributed by atoms with van der Waals surface area (Å²) < 4.78 is 26.0. The van der Waals surface area contributed by atoms with Crippen molar-refractivity contribution < 1.29 is 18.0 Å². The Morgan fingerprint density at radius 1 is 1.03 bits per heavy atom. The quantitative estimate of drug-likeness (QED) is 0.566. The minimum Gasteiger partial charge on any atom is -0.355 e. The molecule has 0 aliphatic carbocycles. The maximum absolute atomic E-state index is 13.4. The molecule has 9 heteroatoms. The lowest BCUT2D eigenvalue weighted by Crippen LogP contribution is -2.52. The summed E-state index contributed by atoms with van der Waals surface area (Å²) in [6.45, 7) is 5.79. The van der Waals surface area contributed by atoms with Crippen LogP contribution in [-0.4, -0.2) is 50.5 Å². The van der Waals surface area contributed by atoms with Crippen LogP contribution in [0.5, 0.6) is 0 Å². The van der Waals surface area contributed by atoms with Crippen molar-refractivity contribution in [3.8, 4) is 0 Å². The first-order valence-corrected chi connectivity index (χ1v) is 12.7. The van der Waals surface area contributed by atoms with Crippen LogP contribution in [0.25, 0.3) is 0 Å². The average molecular weight is 480 g/mol. The van der Waals surface area contributed by atoms with Crippen LogP contribution in [0.2, 0.25) is 5.02 Å². The van der Waals surface area contributed by atoms with Crippen molar-refractivity contribution in [2.24, 2.45) is 0 Å². The zero-order valence-electron chi connectivity index (χ0n) is 18.8. The number of nitrogens with one attached hydrogen (secondary N) is 1. The Bertz CT molecular complexity index is 1020. The maximum atomic E-state index is 13.4. The van der Waals surface area contributed by atoms with Crippen molar-refractivity contribution in [3.63, 3.8) is 0 Å². The van der Waals surface area contributed by atoms with E-state index in [1.165, 1.54) is 4.90 Å². The van der Waals surface area contributed by atoms with Gasteiger partial charge in [0.2, 0.25) is 21.8 Å². The fourth-order valence-electron chi connectivity index (χ4n) is 3.32. The summed E-state index contributed by atoms with van der Waals surface area (Å²) in [5, 5.41) is 3.22. The van der Waals surface area contributed by atoms with Gasteiger partial charge in [-0.05, 0) is 50.1 Å². The number of sulfonamides is 1. The predicted octanol–water partition coefficient (Wildman–Crippen LogP) is 3.36. The molecule has 0 fully saturated rings. The molecule has 0 spiro atoms.